The number of fused-ring (bicyclic) bond motifs is 1. The molecule has 2 aromatic carbocycles. The predicted octanol–water partition coefficient (Wildman–Crippen LogP) is 3.59. The van der Waals surface area contributed by atoms with Crippen molar-refractivity contribution in [2.45, 2.75) is 33.2 Å². The molecule has 1 atom stereocenters. The van der Waals surface area contributed by atoms with Crippen LogP contribution in [0.25, 0.3) is 6.08 Å². The molecule has 0 amide bonds. The number of hydrogen-bond acceptors (Lipinski definition) is 6. The van der Waals surface area contributed by atoms with Crippen molar-refractivity contribution >= 4 is 23.4 Å². The Morgan fingerprint density at radius 3 is 2.52 bits per heavy atom. The van der Waals surface area contributed by atoms with Crippen molar-refractivity contribution in [3.8, 4) is 5.75 Å². The lowest BCUT2D eigenvalue weighted by atomic mass is 9.96. The van der Waals surface area contributed by atoms with Crippen molar-refractivity contribution in [3.63, 3.8) is 0 Å². The Hall–Kier alpha value is -3.45. The van der Waals surface area contributed by atoms with Crippen molar-refractivity contribution < 1.29 is 14.3 Å². The molecule has 0 saturated heterocycles. The Labute approximate surface area is 196 Å². The summed E-state index contributed by atoms with van der Waals surface area (Å²) in [5.74, 6) is 0.346. The van der Waals surface area contributed by atoms with Crippen LogP contribution in [0.3, 0.4) is 0 Å². The molecule has 0 radical (unpaired) electrons. The molecule has 7 heteroatoms. The minimum atomic E-state index is -0.589. The number of carbonyl (C=O) groups is 1. The van der Waals surface area contributed by atoms with E-state index >= 15 is 0 Å². The number of carbonyl (C=O) groups excluding carboxylic acids is 1. The van der Waals surface area contributed by atoms with Gasteiger partial charge in [-0.05, 0) is 49.6 Å². The number of esters is 1. The quantitative estimate of drug-likeness (QED) is 0.503. The van der Waals surface area contributed by atoms with Crippen molar-refractivity contribution in [1.29, 1.82) is 0 Å². The summed E-state index contributed by atoms with van der Waals surface area (Å²) in [7, 11) is 0. The second-order valence-corrected chi connectivity index (χ2v) is 8.64. The lowest BCUT2D eigenvalue weighted by Crippen LogP contribution is -2.39. The van der Waals surface area contributed by atoms with Gasteiger partial charge in [0.15, 0.2) is 4.80 Å². The van der Waals surface area contributed by atoms with Gasteiger partial charge in [-0.25, -0.2) is 9.79 Å². The zero-order valence-electron chi connectivity index (χ0n) is 18.9. The molecular formula is C26H26N2O4S. The number of nitrogens with zero attached hydrogens (tertiary/aromatic N) is 2. The highest BCUT2D eigenvalue weighted by molar-refractivity contribution is 7.07. The number of thiazole rings is 1. The van der Waals surface area contributed by atoms with Crippen molar-refractivity contribution in [2.24, 2.45) is 4.99 Å². The first-order valence-corrected chi connectivity index (χ1v) is 11.8. The Balaban J connectivity index is 1.83. The van der Waals surface area contributed by atoms with Crippen LogP contribution < -0.4 is 19.6 Å². The van der Waals surface area contributed by atoms with Crippen molar-refractivity contribution in [3.05, 3.63) is 96.7 Å². The topological polar surface area (TPSA) is 69.9 Å². The van der Waals surface area contributed by atoms with Gasteiger partial charge in [-0.15, -0.1) is 0 Å². The standard InChI is InChI=1S/C26H26N2O4S/c1-4-15-32-20-13-11-18(12-14-20)16-21-24(29)28-23(19-9-7-6-8-10-19)22(25(30)31-5-2)17(3)27-26(28)33-21/h6-14,16,23H,4-5,15H2,1-3H3/b21-16-. The van der Waals surface area contributed by atoms with Gasteiger partial charge in [-0.1, -0.05) is 60.7 Å². The van der Waals surface area contributed by atoms with Gasteiger partial charge < -0.3 is 9.47 Å². The summed E-state index contributed by atoms with van der Waals surface area (Å²) in [6, 6.07) is 16.6. The molecule has 0 spiro atoms. The molecule has 3 aromatic rings. The van der Waals surface area contributed by atoms with E-state index in [-0.39, 0.29) is 12.2 Å². The van der Waals surface area contributed by atoms with Crippen LogP contribution in [0.4, 0.5) is 0 Å². The van der Waals surface area contributed by atoms with Crippen LogP contribution in [-0.4, -0.2) is 23.8 Å². The van der Waals surface area contributed by atoms with Gasteiger partial charge >= 0.3 is 5.97 Å². The number of aromatic nitrogens is 1. The number of hydrogen-bond donors (Lipinski definition) is 0. The lowest BCUT2D eigenvalue weighted by Gasteiger charge is -2.24. The molecule has 1 aliphatic heterocycles. The minimum Gasteiger partial charge on any atom is -0.494 e. The van der Waals surface area contributed by atoms with Crippen LogP contribution >= 0.6 is 11.3 Å². The van der Waals surface area contributed by atoms with Crippen LogP contribution in [0.15, 0.2) is 75.7 Å². The Morgan fingerprint density at radius 1 is 1.12 bits per heavy atom. The summed E-state index contributed by atoms with van der Waals surface area (Å²) >= 11 is 1.31. The number of allylic oxidation sites excluding steroid dienone is 1. The molecule has 1 aromatic heterocycles. The van der Waals surface area contributed by atoms with E-state index in [9.17, 15) is 9.59 Å². The molecule has 1 unspecified atom stereocenters. The van der Waals surface area contributed by atoms with Crippen LogP contribution in [0.5, 0.6) is 5.75 Å². The van der Waals surface area contributed by atoms with Gasteiger partial charge in [0.05, 0.1) is 35.1 Å². The van der Waals surface area contributed by atoms with Crippen LogP contribution in [0.2, 0.25) is 0 Å². The van der Waals surface area contributed by atoms with E-state index < -0.39 is 12.0 Å². The highest BCUT2D eigenvalue weighted by Crippen LogP contribution is 2.30. The summed E-state index contributed by atoms with van der Waals surface area (Å²) in [5, 5.41) is 0. The smallest absolute Gasteiger partial charge is 0.338 e. The van der Waals surface area contributed by atoms with E-state index in [0.717, 1.165) is 23.3 Å². The van der Waals surface area contributed by atoms with Crippen LogP contribution in [0, 0.1) is 0 Å². The first-order chi connectivity index (χ1) is 16.0. The zero-order chi connectivity index (χ0) is 23.4. The normalized spacial score (nSPS) is 15.7. The summed E-state index contributed by atoms with van der Waals surface area (Å²) < 4.78 is 13.1. The first-order valence-electron chi connectivity index (χ1n) is 11.0. The number of rotatable bonds is 7. The number of ether oxygens (including phenoxy) is 2. The molecule has 4 rings (SSSR count). The molecule has 2 heterocycles. The minimum absolute atomic E-state index is 0.187. The third kappa shape index (κ3) is 4.68. The average Bonchev–Trinajstić information content (AvgIpc) is 3.12. The predicted molar refractivity (Wildman–Crippen MR) is 129 cm³/mol. The van der Waals surface area contributed by atoms with E-state index in [0.29, 0.717) is 27.2 Å². The Kier molecular flexibility index (Phi) is 6.89. The van der Waals surface area contributed by atoms with Gasteiger partial charge in [0.2, 0.25) is 0 Å². The molecule has 170 valence electrons. The van der Waals surface area contributed by atoms with Gasteiger partial charge in [0.25, 0.3) is 5.56 Å². The maximum absolute atomic E-state index is 13.5. The third-order valence-corrected chi connectivity index (χ3v) is 6.27. The summed E-state index contributed by atoms with van der Waals surface area (Å²) in [6.07, 6.45) is 2.79. The molecular weight excluding hydrogens is 436 g/mol. The SMILES string of the molecule is CCCOc1ccc(/C=c2\sc3n(c2=O)C(c2ccccc2)C(C(=O)OCC)=C(C)N=3)cc1. The highest BCUT2D eigenvalue weighted by atomic mass is 32.1. The van der Waals surface area contributed by atoms with E-state index in [2.05, 4.69) is 11.9 Å². The molecule has 0 bridgehead atoms. The fourth-order valence-corrected chi connectivity index (χ4v) is 4.82. The van der Waals surface area contributed by atoms with Crippen LogP contribution in [0.1, 0.15) is 44.4 Å². The Morgan fingerprint density at radius 2 is 1.85 bits per heavy atom. The summed E-state index contributed by atoms with van der Waals surface area (Å²) in [6.45, 7) is 6.53. The van der Waals surface area contributed by atoms with Crippen molar-refractivity contribution in [1.82, 2.24) is 4.57 Å². The molecule has 0 saturated carbocycles. The van der Waals surface area contributed by atoms with E-state index in [1.807, 2.05) is 60.7 Å². The zero-order valence-corrected chi connectivity index (χ0v) is 19.7. The monoisotopic (exact) mass is 462 g/mol. The fraction of sp³-hybridized carbons (Fsp3) is 0.269. The Bertz CT molecular complexity index is 1350. The van der Waals surface area contributed by atoms with Gasteiger partial charge in [0.1, 0.15) is 5.75 Å². The fourth-order valence-electron chi connectivity index (χ4n) is 3.77. The molecule has 0 aliphatic carbocycles. The van der Waals surface area contributed by atoms with Crippen molar-refractivity contribution in [2.75, 3.05) is 13.2 Å². The molecule has 33 heavy (non-hydrogen) atoms. The molecule has 0 fully saturated rings. The van der Waals surface area contributed by atoms with Gasteiger partial charge in [0, 0.05) is 0 Å². The van der Waals surface area contributed by atoms with E-state index in [1.54, 1.807) is 18.4 Å². The average molecular weight is 463 g/mol. The largest absolute Gasteiger partial charge is 0.494 e. The van der Waals surface area contributed by atoms with E-state index in [4.69, 9.17) is 9.47 Å². The van der Waals surface area contributed by atoms with E-state index in [1.165, 1.54) is 11.3 Å². The maximum Gasteiger partial charge on any atom is 0.338 e. The lowest BCUT2D eigenvalue weighted by molar-refractivity contribution is -0.139. The molecule has 0 N–H and O–H groups in total. The second kappa shape index (κ2) is 10.0. The third-order valence-electron chi connectivity index (χ3n) is 5.28. The van der Waals surface area contributed by atoms with Gasteiger partial charge in [-0.3, -0.25) is 9.36 Å². The van der Waals surface area contributed by atoms with Gasteiger partial charge in [-0.2, -0.15) is 0 Å². The highest BCUT2D eigenvalue weighted by Gasteiger charge is 2.33. The number of benzene rings is 2. The second-order valence-electron chi connectivity index (χ2n) is 7.63. The maximum atomic E-state index is 13.5. The summed E-state index contributed by atoms with van der Waals surface area (Å²) in [4.78, 5) is 31.5. The molecule has 6 nitrogen and oxygen atoms in total. The first kappa shape index (κ1) is 22.7. The van der Waals surface area contributed by atoms with Crippen LogP contribution in [-0.2, 0) is 9.53 Å². The molecule has 1 aliphatic rings. The summed E-state index contributed by atoms with van der Waals surface area (Å²) in [5.41, 5.74) is 2.49.